The van der Waals surface area contributed by atoms with Gasteiger partial charge in [0.1, 0.15) is 0 Å². The number of hydrogen-bond acceptors (Lipinski definition) is 5. The van der Waals surface area contributed by atoms with Crippen molar-refractivity contribution in [3.05, 3.63) is 29.3 Å². The van der Waals surface area contributed by atoms with E-state index in [9.17, 15) is 18.0 Å². The van der Waals surface area contributed by atoms with Crippen LogP contribution in [0.3, 0.4) is 0 Å². The Kier molecular flexibility index (Phi) is 5.18. The van der Waals surface area contributed by atoms with Crippen LogP contribution in [0.15, 0.2) is 23.1 Å². The molecule has 1 aromatic carbocycles. The lowest BCUT2D eigenvalue weighted by molar-refractivity contribution is 0.0693. The minimum Gasteiger partial charge on any atom is -0.329 e. The molecule has 0 saturated heterocycles. The standard InChI is InChI=1S/C15H21N3O4S/c1-3-4-5-10(9-16)17-23(21,22)11-6-7-12-13(8-11)15(20)18(2)14(12)19/h6-8,10,17H,3-5,9,16H2,1-2H3. The Hall–Kier alpha value is -1.77. The van der Waals surface area contributed by atoms with Gasteiger partial charge in [-0.15, -0.1) is 0 Å². The SMILES string of the molecule is CCCCC(CN)NS(=O)(=O)c1ccc2c(c1)C(=O)N(C)C2=O. The number of nitrogens with one attached hydrogen (secondary N) is 1. The van der Waals surface area contributed by atoms with Gasteiger partial charge in [-0.05, 0) is 24.6 Å². The van der Waals surface area contributed by atoms with Crippen molar-refractivity contribution in [1.29, 1.82) is 0 Å². The van der Waals surface area contributed by atoms with Gasteiger partial charge in [-0.25, -0.2) is 13.1 Å². The third kappa shape index (κ3) is 3.44. The molecule has 126 valence electrons. The quantitative estimate of drug-likeness (QED) is 0.711. The summed E-state index contributed by atoms with van der Waals surface area (Å²) in [5.74, 6) is -0.923. The van der Waals surface area contributed by atoms with Crippen LogP contribution in [0.5, 0.6) is 0 Å². The second-order valence-electron chi connectivity index (χ2n) is 5.57. The Morgan fingerprint density at radius 3 is 2.48 bits per heavy atom. The summed E-state index contributed by atoms with van der Waals surface area (Å²) in [5.41, 5.74) is 5.94. The molecule has 1 aromatic rings. The fraction of sp³-hybridized carbons (Fsp3) is 0.467. The predicted molar refractivity (Wildman–Crippen MR) is 85.6 cm³/mol. The van der Waals surface area contributed by atoms with Crippen LogP contribution in [0, 0.1) is 0 Å². The highest BCUT2D eigenvalue weighted by atomic mass is 32.2. The van der Waals surface area contributed by atoms with Crippen LogP contribution >= 0.6 is 0 Å². The Labute approximate surface area is 135 Å². The van der Waals surface area contributed by atoms with Gasteiger partial charge >= 0.3 is 0 Å². The number of unbranched alkanes of at least 4 members (excludes halogenated alkanes) is 1. The maximum Gasteiger partial charge on any atom is 0.261 e. The molecule has 3 N–H and O–H groups in total. The van der Waals surface area contributed by atoms with Crippen LogP contribution in [-0.2, 0) is 10.0 Å². The van der Waals surface area contributed by atoms with Crippen molar-refractivity contribution < 1.29 is 18.0 Å². The molecule has 23 heavy (non-hydrogen) atoms. The van der Waals surface area contributed by atoms with E-state index in [0.717, 1.165) is 17.7 Å². The first-order valence-corrected chi connectivity index (χ1v) is 8.99. The molecule has 0 aliphatic carbocycles. The largest absolute Gasteiger partial charge is 0.329 e. The van der Waals surface area contributed by atoms with Crippen molar-refractivity contribution in [2.24, 2.45) is 5.73 Å². The highest BCUT2D eigenvalue weighted by Crippen LogP contribution is 2.24. The number of nitrogens with zero attached hydrogens (tertiary/aromatic N) is 1. The molecule has 1 aliphatic rings. The molecule has 0 bridgehead atoms. The molecule has 0 saturated carbocycles. The Morgan fingerprint density at radius 2 is 1.87 bits per heavy atom. The molecule has 0 spiro atoms. The van der Waals surface area contributed by atoms with Gasteiger partial charge in [-0.1, -0.05) is 19.8 Å². The molecule has 1 unspecified atom stereocenters. The molecule has 8 heteroatoms. The van der Waals surface area contributed by atoms with Crippen LogP contribution in [0.1, 0.15) is 46.9 Å². The van der Waals surface area contributed by atoms with E-state index in [-0.39, 0.29) is 28.6 Å². The van der Waals surface area contributed by atoms with Crippen molar-refractivity contribution >= 4 is 21.8 Å². The van der Waals surface area contributed by atoms with Crippen molar-refractivity contribution in [3.8, 4) is 0 Å². The fourth-order valence-corrected chi connectivity index (χ4v) is 3.78. The number of fused-ring (bicyclic) bond motifs is 1. The zero-order chi connectivity index (χ0) is 17.2. The molecule has 2 rings (SSSR count). The minimum atomic E-state index is -3.79. The number of imide groups is 1. The van der Waals surface area contributed by atoms with Crippen LogP contribution in [0.25, 0.3) is 0 Å². The summed E-state index contributed by atoms with van der Waals surface area (Å²) in [6.45, 7) is 2.21. The summed E-state index contributed by atoms with van der Waals surface area (Å²) in [6, 6.07) is 3.60. The van der Waals surface area contributed by atoms with Gasteiger partial charge in [0.25, 0.3) is 11.8 Å². The van der Waals surface area contributed by atoms with Gasteiger partial charge in [0.15, 0.2) is 0 Å². The molecular weight excluding hydrogens is 318 g/mol. The van der Waals surface area contributed by atoms with Crippen molar-refractivity contribution in [3.63, 3.8) is 0 Å². The molecule has 0 radical (unpaired) electrons. The predicted octanol–water partition coefficient (Wildman–Crippen LogP) is 0.708. The first kappa shape index (κ1) is 17.6. The lowest BCUT2D eigenvalue weighted by atomic mass is 10.1. The Balaban J connectivity index is 2.28. The van der Waals surface area contributed by atoms with Gasteiger partial charge in [0.2, 0.25) is 10.0 Å². The molecule has 0 aromatic heterocycles. The molecule has 1 atom stereocenters. The number of nitrogens with two attached hydrogens (primary N) is 1. The van der Waals surface area contributed by atoms with Gasteiger partial charge < -0.3 is 5.73 Å². The van der Waals surface area contributed by atoms with E-state index in [4.69, 9.17) is 5.73 Å². The van der Waals surface area contributed by atoms with E-state index in [0.29, 0.717) is 6.42 Å². The number of rotatable bonds is 7. The van der Waals surface area contributed by atoms with Crippen molar-refractivity contribution in [2.75, 3.05) is 13.6 Å². The maximum atomic E-state index is 12.5. The van der Waals surface area contributed by atoms with E-state index in [1.165, 1.54) is 25.2 Å². The van der Waals surface area contributed by atoms with E-state index in [2.05, 4.69) is 4.72 Å². The van der Waals surface area contributed by atoms with Crippen LogP contribution in [0.4, 0.5) is 0 Å². The molecule has 1 aliphatic heterocycles. The average molecular weight is 339 g/mol. The van der Waals surface area contributed by atoms with Crippen LogP contribution in [-0.4, -0.2) is 44.8 Å². The number of amides is 2. The third-order valence-corrected chi connectivity index (χ3v) is 5.40. The highest BCUT2D eigenvalue weighted by Gasteiger charge is 2.34. The lowest BCUT2D eigenvalue weighted by Gasteiger charge is -2.16. The maximum absolute atomic E-state index is 12.5. The zero-order valence-electron chi connectivity index (χ0n) is 13.2. The smallest absolute Gasteiger partial charge is 0.261 e. The second kappa shape index (κ2) is 6.77. The van der Waals surface area contributed by atoms with Gasteiger partial charge in [0.05, 0.1) is 16.0 Å². The van der Waals surface area contributed by atoms with Gasteiger partial charge in [-0.3, -0.25) is 14.5 Å². The summed E-state index contributed by atoms with van der Waals surface area (Å²) in [4.78, 5) is 24.7. The summed E-state index contributed by atoms with van der Waals surface area (Å²) >= 11 is 0. The topological polar surface area (TPSA) is 110 Å². The second-order valence-corrected chi connectivity index (χ2v) is 7.29. The van der Waals surface area contributed by atoms with E-state index in [1.54, 1.807) is 0 Å². The van der Waals surface area contributed by atoms with Gasteiger partial charge in [-0.2, -0.15) is 0 Å². The van der Waals surface area contributed by atoms with E-state index >= 15 is 0 Å². The molecule has 0 fully saturated rings. The van der Waals surface area contributed by atoms with Crippen LogP contribution in [0.2, 0.25) is 0 Å². The summed E-state index contributed by atoms with van der Waals surface area (Å²) in [6.07, 6.45) is 2.46. The van der Waals surface area contributed by atoms with Crippen molar-refractivity contribution in [2.45, 2.75) is 37.1 Å². The Bertz CT molecular complexity index is 730. The summed E-state index contributed by atoms with van der Waals surface area (Å²) in [5, 5.41) is 0. The summed E-state index contributed by atoms with van der Waals surface area (Å²) in [7, 11) is -2.43. The Morgan fingerprint density at radius 1 is 1.22 bits per heavy atom. The highest BCUT2D eigenvalue weighted by molar-refractivity contribution is 7.89. The molecule has 1 heterocycles. The number of benzene rings is 1. The van der Waals surface area contributed by atoms with E-state index < -0.39 is 21.8 Å². The molecule has 7 nitrogen and oxygen atoms in total. The fourth-order valence-electron chi connectivity index (χ4n) is 2.47. The van der Waals surface area contributed by atoms with Crippen LogP contribution < -0.4 is 10.5 Å². The number of sulfonamides is 1. The van der Waals surface area contributed by atoms with Crippen molar-refractivity contribution in [1.82, 2.24) is 9.62 Å². The third-order valence-electron chi connectivity index (χ3n) is 3.88. The first-order valence-electron chi connectivity index (χ1n) is 7.50. The van der Waals surface area contributed by atoms with E-state index in [1.807, 2.05) is 6.92 Å². The average Bonchev–Trinajstić information content (AvgIpc) is 2.75. The lowest BCUT2D eigenvalue weighted by Crippen LogP contribution is -2.40. The van der Waals surface area contributed by atoms with Gasteiger partial charge in [0, 0.05) is 19.6 Å². The monoisotopic (exact) mass is 339 g/mol. The minimum absolute atomic E-state index is 0.0392. The first-order chi connectivity index (χ1) is 10.8. The number of carbonyl (C=O) groups excluding carboxylic acids is 2. The molecular formula is C15H21N3O4S. The zero-order valence-corrected chi connectivity index (χ0v) is 14.0. The summed E-state index contributed by atoms with van der Waals surface area (Å²) < 4.78 is 27.5. The number of carbonyl (C=O) groups is 2. The number of hydrogen-bond donors (Lipinski definition) is 2. The normalized spacial score (nSPS) is 15.9. The molecule has 2 amide bonds.